The first-order valence-corrected chi connectivity index (χ1v) is 7.65. The lowest BCUT2D eigenvalue weighted by atomic mass is 10.1. The van der Waals surface area contributed by atoms with Gasteiger partial charge in [-0.05, 0) is 23.3 Å². The fourth-order valence-corrected chi connectivity index (χ4v) is 2.39. The first kappa shape index (κ1) is 16.0. The standard InChI is InChI=1S/C18H15BrN2O/c19-17-9-5-4-8-15(17)10-11-18(22)21-16(13-20)12-14-6-2-1-3-7-14/h1-11,16H,12H2,(H,21,22)/b11-10-/t16-/m1/s1. The first-order valence-electron chi connectivity index (χ1n) is 6.85. The van der Waals surface area contributed by atoms with Crippen LogP contribution in [0.1, 0.15) is 11.1 Å². The summed E-state index contributed by atoms with van der Waals surface area (Å²) in [5.41, 5.74) is 1.93. The van der Waals surface area contributed by atoms with Crippen molar-refractivity contribution < 1.29 is 4.79 Å². The normalized spacial score (nSPS) is 11.8. The third-order valence-corrected chi connectivity index (χ3v) is 3.80. The van der Waals surface area contributed by atoms with Crippen LogP contribution in [0.25, 0.3) is 6.08 Å². The lowest BCUT2D eigenvalue weighted by molar-refractivity contribution is -0.116. The van der Waals surface area contributed by atoms with Crippen LogP contribution >= 0.6 is 15.9 Å². The Hall–Kier alpha value is -2.38. The van der Waals surface area contributed by atoms with Crippen LogP contribution in [0.2, 0.25) is 0 Å². The van der Waals surface area contributed by atoms with Crippen LogP contribution in [0.5, 0.6) is 0 Å². The molecule has 0 aliphatic carbocycles. The van der Waals surface area contributed by atoms with Crippen LogP contribution in [0.4, 0.5) is 0 Å². The third-order valence-electron chi connectivity index (χ3n) is 3.07. The molecule has 0 fully saturated rings. The zero-order valence-corrected chi connectivity index (χ0v) is 13.5. The number of carbonyl (C=O) groups excluding carboxylic acids is 1. The van der Waals surface area contributed by atoms with E-state index < -0.39 is 6.04 Å². The summed E-state index contributed by atoms with van der Waals surface area (Å²) in [5, 5.41) is 11.9. The number of benzene rings is 2. The van der Waals surface area contributed by atoms with Crippen molar-refractivity contribution in [3.8, 4) is 6.07 Å². The minimum Gasteiger partial charge on any atom is -0.336 e. The maximum absolute atomic E-state index is 11.9. The molecule has 0 spiro atoms. The van der Waals surface area contributed by atoms with Crippen molar-refractivity contribution in [2.45, 2.75) is 12.5 Å². The second kappa shape index (κ2) is 8.16. The summed E-state index contributed by atoms with van der Waals surface area (Å²) in [6, 6.07) is 18.8. The molecule has 0 aliphatic rings. The molecular weight excluding hydrogens is 340 g/mol. The Morgan fingerprint density at radius 1 is 1.18 bits per heavy atom. The second-order valence-corrected chi connectivity index (χ2v) is 5.59. The molecule has 22 heavy (non-hydrogen) atoms. The average Bonchev–Trinajstić information content (AvgIpc) is 2.54. The average molecular weight is 355 g/mol. The lowest BCUT2D eigenvalue weighted by Crippen LogP contribution is -2.34. The number of rotatable bonds is 5. The van der Waals surface area contributed by atoms with Crippen molar-refractivity contribution in [1.29, 1.82) is 5.26 Å². The van der Waals surface area contributed by atoms with Crippen molar-refractivity contribution in [3.05, 3.63) is 76.3 Å². The Morgan fingerprint density at radius 2 is 1.86 bits per heavy atom. The summed E-state index contributed by atoms with van der Waals surface area (Å²) in [4.78, 5) is 11.9. The molecule has 3 nitrogen and oxygen atoms in total. The van der Waals surface area contributed by atoms with Crippen molar-refractivity contribution in [3.63, 3.8) is 0 Å². The Balaban J connectivity index is 1.95. The molecule has 0 bridgehead atoms. The van der Waals surface area contributed by atoms with Crippen molar-refractivity contribution in [2.75, 3.05) is 0 Å². The molecule has 0 saturated carbocycles. The van der Waals surface area contributed by atoms with E-state index in [9.17, 15) is 4.79 Å². The van der Waals surface area contributed by atoms with Gasteiger partial charge in [0.25, 0.3) is 0 Å². The summed E-state index contributed by atoms with van der Waals surface area (Å²) < 4.78 is 0.917. The van der Waals surface area contributed by atoms with E-state index in [0.29, 0.717) is 6.42 Å². The Kier molecular flexibility index (Phi) is 5.93. The highest BCUT2D eigenvalue weighted by Gasteiger charge is 2.10. The van der Waals surface area contributed by atoms with E-state index in [1.807, 2.05) is 54.6 Å². The number of hydrogen-bond donors (Lipinski definition) is 1. The van der Waals surface area contributed by atoms with E-state index >= 15 is 0 Å². The zero-order chi connectivity index (χ0) is 15.8. The predicted octanol–water partition coefficient (Wildman–Crippen LogP) is 3.71. The monoisotopic (exact) mass is 354 g/mol. The van der Waals surface area contributed by atoms with Gasteiger partial charge in [-0.3, -0.25) is 4.79 Å². The van der Waals surface area contributed by atoms with E-state index in [2.05, 4.69) is 27.3 Å². The second-order valence-electron chi connectivity index (χ2n) is 4.73. The number of nitriles is 1. The van der Waals surface area contributed by atoms with E-state index in [1.54, 1.807) is 6.08 Å². The Morgan fingerprint density at radius 3 is 2.55 bits per heavy atom. The number of hydrogen-bond acceptors (Lipinski definition) is 2. The summed E-state index contributed by atoms with van der Waals surface area (Å²) in [5.74, 6) is -0.279. The van der Waals surface area contributed by atoms with Crippen LogP contribution in [0.3, 0.4) is 0 Å². The molecular formula is C18H15BrN2O. The van der Waals surface area contributed by atoms with Crippen LogP contribution in [-0.4, -0.2) is 11.9 Å². The molecule has 1 atom stereocenters. The third kappa shape index (κ3) is 4.87. The van der Waals surface area contributed by atoms with E-state index in [4.69, 9.17) is 5.26 Å². The highest BCUT2D eigenvalue weighted by molar-refractivity contribution is 9.10. The highest BCUT2D eigenvalue weighted by Crippen LogP contribution is 2.16. The molecule has 2 rings (SSSR count). The van der Waals surface area contributed by atoms with Crippen LogP contribution in [0, 0.1) is 11.3 Å². The van der Waals surface area contributed by atoms with Gasteiger partial charge in [-0.25, -0.2) is 0 Å². The smallest absolute Gasteiger partial charge is 0.245 e. The molecule has 2 aromatic rings. The van der Waals surface area contributed by atoms with Gasteiger partial charge < -0.3 is 5.32 Å². The maximum Gasteiger partial charge on any atom is 0.245 e. The molecule has 0 aromatic heterocycles. The fourth-order valence-electron chi connectivity index (χ4n) is 1.97. The van der Waals surface area contributed by atoms with E-state index in [0.717, 1.165) is 15.6 Å². The van der Waals surface area contributed by atoms with Crippen molar-refractivity contribution in [2.24, 2.45) is 0 Å². The molecule has 2 aromatic carbocycles. The summed E-state index contributed by atoms with van der Waals surface area (Å²) in [7, 11) is 0. The van der Waals surface area contributed by atoms with Gasteiger partial charge in [0.15, 0.2) is 0 Å². The van der Waals surface area contributed by atoms with Crippen LogP contribution in [0.15, 0.2) is 65.1 Å². The van der Waals surface area contributed by atoms with Gasteiger partial charge in [-0.15, -0.1) is 0 Å². The zero-order valence-electron chi connectivity index (χ0n) is 11.9. The summed E-state index contributed by atoms with van der Waals surface area (Å²) >= 11 is 3.42. The fraction of sp³-hybridized carbons (Fsp3) is 0.111. The Labute approximate surface area is 138 Å². The summed E-state index contributed by atoms with van der Waals surface area (Å²) in [6.07, 6.45) is 3.65. The molecule has 0 aliphatic heterocycles. The number of carbonyl (C=O) groups is 1. The van der Waals surface area contributed by atoms with Gasteiger partial charge in [-0.2, -0.15) is 5.26 Å². The van der Waals surface area contributed by atoms with E-state index in [-0.39, 0.29) is 5.91 Å². The molecule has 1 amide bonds. The highest BCUT2D eigenvalue weighted by atomic mass is 79.9. The van der Waals surface area contributed by atoms with Gasteiger partial charge >= 0.3 is 0 Å². The molecule has 0 unspecified atom stereocenters. The predicted molar refractivity (Wildman–Crippen MR) is 90.9 cm³/mol. The first-order chi connectivity index (χ1) is 10.7. The van der Waals surface area contributed by atoms with Gasteiger partial charge in [0, 0.05) is 17.0 Å². The molecule has 1 N–H and O–H groups in total. The number of nitrogens with zero attached hydrogens (tertiary/aromatic N) is 1. The number of nitrogens with one attached hydrogen (secondary N) is 1. The lowest BCUT2D eigenvalue weighted by Gasteiger charge is -2.10. The largest absolute Gasteiger partial charge is 0.336 e. The molecule has 0 heterocycles. The molecule has 4 heteroatoms. The minimum atomic E-state index is -0.543. The van der Waals surface area contributed by atoms with E-state index in [1.165, 1.54) is 6.08 Å². The van der Waals surface area contributed by atoms with Gasteiger partial charge in [-0.1, -0.05) is 64.5 Å². The van der Waals surface area contributed by atoms with Gasteiger partial charge in [0.05, 0.1) is 6.07 Å². The topological polar surface area (TPSA) is 52.9 Å². The number of halogens is 1. The van der Waals surface area contributed by atoms with Crippen LogP contribution in [-0.2, 0) is 11.2 Å². The van der Waals surface area contributed by atoms with Crippen molar-refractivity contribution in [1.82, 2.24) is 5.32 Å². The Bertz CT molecular complexity index is 705. The summed E-state index contributed by atoms with van der Waals surface area (Å²) in [6.45, 7) is 0. The van der Waals surface area contributed by atoms with Crippen LogP contribution < -0.4 is 5.32 Å². The number of amides is 1. The van der Waals surface area contributed by atoms with Crippen molar-refractivity contribution >= 4 is 27.9 Å². The minimum absolute atomic E-state index is 0.279. The molecule has 110 valence electrons. The quantitative estimate of drug-likeness (QED) is 0.832. The molecule has 0 saturated heterocycles. The van der Waals surface area contributed by atoms with Gasteiger partial charge in [0.2, 0.25) is 5.91 Å². The van der Waals surface area contributed by atoms with Gasteiger partial charge in [0.1, 0.15) is 6.04 Å². The maximum atomic E-state index is 11.9. The molecule has 0 radical (unpaired) electrons. The SMILES string of the molecule is N#C[C@@H](Cc1ccccc1)NC(=O)/C=C\c1ccccc1Br.